The van der Waals surface area contributed by atoms with Gasteiger partial charge in [0.1, 0.15) is 10.6 Å². The minimum atomic E-state index is -0.394. The summed E-state index contributed by atoms with van der Waals surface area (Å²) in [4.78, 5) is 25.3. The van der Waals surface area contributed by atoms with Crippen molar-refractivity contribution in [3.05, 3.63) is 88.3 Å². The van der Waals surface area contributed by atoms with Crippen LogP contribution in [0.15, 0.2) is 72.8 Å². The summed E-state index contributed by atoms with van der Waals surface area (Å²) in [5.41, 5.74) is 2.47. The second kappa shape index (κ2) is 11.3. The lowest BCUT2D eigenvalue weighted by molar-refractivity contribution is -0.116. The van der Waals surface area contributed by atoms with Crippen LogP contribution in [0.5, 0.6) is 5.75 Å². The van der Waals surface area contributed by atoms with Crippen molar-refractivity contribution in [1.82, 2.24) is 5.32 Å². The maximum absolute atomic E-state index is 12.7. The van der Waals surface area contributed by atoms with Gasteiger partial charge in [-0.3, -0.25) is 14.9 Å². The van der Waals surface area contributed by atoms with E-state index < -0.39 is 5.91 Å². The molecule has 0 radical (unpaired) electrons. The summed E-state index contributed by atoms with van der Waals surface area (Å²) < 4.78 is 6.08. The van der Waals surface area contributed by atoms with Gasteiger partial charge >= 0.3 is 0 Å². The van der Waals surface area contributed by atoms with Crippen molar-refractivity contribution in [3.8, 4) is 5.75 Å². The fraction of sp³-hybridized carbons (Fsp3) is 0.115. The van der Waals surface area contributed by atoms with Crippen molar-refractivity contribution in [1.29, 1.82) is 0 Å². The number of anilines is 2. The van der Waals surface area contributed by atoms with E-state index in [9.17, 15) is 9.59 Å². The number of hydrogen-bond acceptors (Lipinski definition) is 5. The zero-order chi connectivity index (χ0) is 24.8. The first kappa shape index (κ1) is 24.7. The van der Waals surface area contributed by atoms with Crippen LogP contribution in [-0.2, 0) is 11.2 Å². The number of thiocarbonyl (C=S) groups is 1. The molecule has 1 aromatic heterocycles. The number of amides is 2. The summed E-state index contributed by atoms with van der Waals surface area (Å²) in [7, 11) is 1.58. The largest absolute Gasteiger partial charge is 0.497 e. The van der Waals surface area contributed by atoms with Crippen molar-refractivity contribution in [2.24, 2.45) is 0 Å². The molecule has 4 aromatic rings. The number of ether oxygens (including phenoxy) is 1. The second-order valence-electron chi connectivity index (χ2n) is 7.63. The van der Waals surface area contributed by atoms with E-state index in [1.54, 1.807) is 37.4 Å². The van der Waals surface area contributed by atoms with E-state index in [1.165, 1.54) is 11.3 Å². The van der Waals surface area contributed by atoms with Crippen molar-refractivity contribution in [2.75, 3.05) is 17.7 Å². The molecule has 0 saturated heterocycles. The predicted octanol–water partition coefficient (Wildman–Crippen LogP) is 6.26. The molecule has 3 aromatic carbocycles. The Morgan fingerprint density at radius 1 is 0.971 bits per heavy atom. The van der Waals surface area contributed by atoms with Crippen LogP contribution in [0.1, 0.15) is 21.7 Å². The summed E-state index contributed by atoms with van der Waals surface area (Å²) >= 11 is 13.0. The Labute approximate surface area is 217 Å². The number of thiophene rings is 1. The van der Waals surface area contributed by atoms with E-state index in [-0.39, 0.29) is 11.0 Å². The smallest absolute Gasteiger partial charge is 0.269 e. The Kier molecular flexibility index (Phi) is 7.97. The Morgan fingerprint density at radius 3 is 2.34 bits per heavy atom. The summed E-state index contributed by atoms with van der Waals surface area (Å²) in [5, 5.41) is 9.81. The van der Waals surface area contributed by atoms with Crippen molar-refractivity contribution in [3.63, 3.8) is 0 Å². The highest BCUT2D eigenvalue weighted by molar-refractivity contribution is 7.80. The van der Waals surface area contributed by atoms with Crippen LogP contribution in [0.4, 0.5) is 11.4 Å². The van der Waals surface area contributed by atoms with Gasteiger partial charge in [-0.2, -0.15) is 0 Å². The highest BCUT2D eigenvalue weighted by Gasteiger charge is 2.18. The lowest BCUT2D eigenvalue weighted by atomic mass is 10.1. The monoisotopic (exact) mass is 523 g/mol. The highest BCUT2D eigenvalue weighted by atomic mass is 35.5. The molecule has 0 aliphatic rings. The number of hydrogen-bond donors (Lipinski definition) is 3. The van der Waals surface area contributed by atoms with Gasteiger partial charge in [0.2, 0.25) is 5.91 Å². The van der Waals surface area contributed by atoms with Crippen LogP contribution in [0.25, 0.3) is 10.1 Å². The van der Waals surface area contributed by atoms with Crippen LogP contribution in [0, 0.1) is 0 Å². The minimum Gasteiger partial charge on any atom is -0.497 e. The van der Waals surface area contributed by atoms with Crippen LogP contribution in [0.2, 0.25) is 5.02 Å². The topological polar surface area (TPSA) is 79.5 Å². The van der Waals surface area contributed by atoms with Gasteiger partial charge in [0.05, 0.1) is 12.1 Å². The molecule has 2 amide bonds. The van der Waals surface area contributed by atoms with E-state index in [0.29, 0.717) is 39.9 Å². The SMILES string of the molecule is COc1ccc2c(Cl)c(C(=O)NC(=S)Nc3ccc(NC(=O)CCc4ccccc4)cc3)sc2c1. The molecular weight excluding hydrogens is 502 g/mol. The number of methoxy groups -OCH3 is 1. The number of aryl methyl sites for hydroxylation is 1. The molecule has 6 nitrogen and oxygen atoms in total. The Bertz CT molecular complexity index is 1370. The fourth-order valence-corrected chi connectivity index (χ4v) is 5.05. The van der Waals surface area contributed by atoms with Gasteiger partial charge in [-0.1, -0.05) is 41.9 Å². The number of rotatable bonds is 7. The van der Waals surface area contributed by atoms with E-state index in [4.69, 9.17) is 28.6 Å². The number of carbonyl (C=O) groups excluding carboxylic acids is 2. The van der Waals surface area contributed by atoms with Crippen LogP contribution in [0.3, 0.4) is 0 Å². The number of halogens is 1. The molecule has 178 valence electrons. The molecule has 0 bridgehead atoms. The average Bonchev–Trinajstić information content (AvgIpc) is 3.20. The Balaban J connectivity index is 1.30. The Hall–Kier alpha value is -3.46. The molecule has 0 unspecified atom stereocenters. The van der Waals surface area contributed by atoms with E-state index in [1.807, 2.05) is 42.5 Å². The second-order valence-corrected chi connectivity index (χ2v) is 9.47. The normalized spacial score (nSPS) is 10.6. The predicted molar refractivity (Wildman–Crippen MR) is 147 cm³/mol. The molecule has 0 aliphatic heterocycles. The van der Waals surface area contributed by atoms with Crippen molar-refractivity contribution in [2.45, 2.75) is 12.8 Å². The maximum Gasteiger partial charge on any atom is 0.269 e. The molecule has 3 N–H and O–H groups in total. The average molecular weight is 524 g/mol. The van der Waals surface area contributed by atoms with Crippen molar-refractivity contribution >= 4 is 73.5 Å². The van der Waals surface area contributed by atoms with Crippen molar-refractivity contribution < 1.29 is 14.3 Å². The van der Waals surface area contributed by atoms with E-state index >= 15 is 0 Å². The Morgan fingerprint density at radius 2 is 1.66 bits per heavy atom. The molecular formula is C26H22ClN3O3S2. The molecule has 0 atom stereocenters. The fourth-order valence-electron chi connectivity index (χ4n) is 3.40. The standard InChI is InChI=1S/C26H22ClN3O3S2/c1-33-19-12-13-20-21(15-19)35-24(23(20)27)25(32)30-26(34)29-18-10-8-17(9-11-18)28-22(31)14-7-16-5-3-2-4-6-16/h2-6,8-13,15H,7,14H2,1H3,(H,28,31)(H2,29,30,32,34). The summed E-state index contributed by atoms with van der Waals surface area (Å²) in [6.07, 6.45) is 1.07. The molecule has 35 heavy (non-hydrogen) atoms. The highest BCUT2D eigenvalue weighted by Crippen LogP contribution is 2.37. The summed E-state index contributed by atoms with van der Waals surface area (Å²) in [6, 6.07) is 22.4. The van der Waals surface area contributed by atoms with Gasteiger partial charge in [-0.05, 0) is 66.7 Å². The van der Waals surface area contributed by atoms with Crippen LogP contribution in [-0.4, -0.2) is 24.0 Å². The molecule has 0 fully saturated rings. The van der Waals surface area contributed by atoms with E-state index in [0.717, 1.165) is 15.6 Å². The molecule has 0 aliphatic carbocycles. The first-order chi connectivity index (χ1) is 16.9. The number of nitrogens with one attached hydrogen (secondary N) is 3. The minimum absolute atomic E-state index is 0.0600. The molecule has 1 heterocycles. The number of benzene rings is 3. The first-order valence-electron chi connectivity index (χ1n) is 10.7. The quantitative estimate of drug-likeness (QED) is 0.249. The van der Waals surface area contributed by atoms with Gasteiger partial charge in [0, 0.05) is 27.9 Å². The number of carbonyl (C=O) groups is 2. The molecule has 4 rings (SSSR count). The van der Waals surface area contributed by atoms with Gasteiger partial charge in [-0.25, -0.2) is 0 Å². The zero-order valence-corrected chi connectivity index (χ0v) is 21.2. The van der Waals surface area contributed by atoms with Gasteiger partial charge in [-0.15, -0.1) is 11.3 Å². The zero-order valence-electron chi connectivity index (χ0n) is 18.8. The van der Waals surface area contributed by atoms with Gasteiger partial charge in [0.15, 0.2) is 5.11 Å². The van der Waals surface area contributed by atoms with Gasteiger partial charge < -0.3 is 15.4 Å². The third-order valence-electron chi connectivity index (χ3n) is 5.18. The maximum atomic E-state index is 12.7. The lowest BCUT2D eigenvalue weighted by Gasteiger charge is -2.10. The third-order valence-corrected chi connectivity index (χ3v) is 7.04. The summed E-state index contributed by atoms with van der Waals surface area (Å²) in [5.74, 6) is 0.237. The third kappa shape index (κ3) is 6.36. The lowest BCUT2D eigenvalue weighted by Crippen LogP contribution is -2.33. The van der Waals surface area contributed by atoms with Crippen LogP contribution < -0.4 is 20.7 Å². The first-order valence-corrected chi connectivity index (χ1v) is 12.4. The molecule has 0 saturated carbocycles. The van der Waals surface area contributed by atoms with E-state index in [2.05, 4.69) is 16.0 Å². The molecule has 9 heteroatoms. The van der Waals surface area contributed by atoms with Gasteiger partial charge in [0.25, 0.3) is 5.91 Å². The molecule has 0 spiro atoms. The number of fused-ring (bicyclic) bond motifs is 1. The summed E-state index contributed by atoms with van der Waals surface area (Å²) in [6.45, 7) is 0. The van der Waals surface area contributed by atoms with Crippen LogP contribution >= 0.6 is 35.2 Å².